The van der Waals surface area contributed by atoms with E-state index in [9.17, 15) is 9.59 Å². The fourth-order valence-electron chi connectivity index (χ4n) is 2.19. The number of aryl methyl sites for hydroxylation is 1. The van der Waals surface area contributed by atoms with Crippen molar-refractivity contribution in [2.75, 3.05) is 0 Å². The van der Waals surface area contributed by atoms with Gasteiger partial charge in [-0.1, -0.05) is 49.2 Å². The molecule has 0 aromatic heterocycles. The van der Waals surface area contributed by atoms with Gasteiger partial charge in [0.15, 0.2) is 12.1 Å². The molecule has 0 saturated carbocycles. The molecule has 0 aliphatic heterocycles. The number of unbranched alkanes of at least 4 members (excludes halogenated alkanes) is 1. The largest absolute Gasteiger partial charge is 0.298 e. The predicted molar refractivity (Wildman–Crippen MR) is 85.3 cm³/mol. The molecule has 0 bridgehead atoms. The SMILES string of the molecule is CCCCc1ccc(C(=O)c2cc(Cl)ccc2C=O)cc1. The van der Waals surface area contributed by atoms with Crippen molar-refractivity contribution in [3.63, 3.8) is 0 Å². The van der Waals surface area contributed by atoms with Crippen molar-refractivity contribution in [2.45, 2.75) is 26.2 Å². The van der Waals surface area contributed by atoms with E-state index in [2.05, 4.69) is 6.92 Å². The average molecular weight is 301 g/mol. The summed E-state index contributed by atoms with van der Waals surface area (Å²) in [5.41, 5.74) is 2.49. The Hall–Kier alpha value is -1.93. The molecule has 0 N–H and O–H groups in total. The summed E-state index contributed by atoms with van der Waals surface area (Å²) in [5, 5.41) is 0.448. The Morgan fingerprint density at radius 2 is 1.86 bits per heavy atom. The summed E-state index contributed by atoms with van der Waals surface area (Å²) in [6.07, 6.45) is 3.98. The van der Waals surface area contributed by atoms with Crippen LogP contribution in [0, 0.1) is 0 Å². The first kappa shape index (κ1) is 15.5. The summed E-state index contributed by atoms with van der Waals surface area (Å²) in [6.45, 7) is 2.15. The smallest absolute Gasteiger partial charge is 0.193 e. The fraction of sp³-hybridized carbons (Fsp3) is 0.222. The van der Waals surface area contributed by atoms with Crippen molar-refractivity contribution in [3.05, 3.63) is 69.7 Å². The minimum atomic E-state index is -0.179. The number of ketones is 1. The van der Waals surface area contributed by atoms with Crippen LogP contribution in [0.4, 0.5) is 0 Å². The van der Waals surface area contributed by atoms with Gasteiger partial charge in [0, 0.05) is 21.7 Å². The van der Waals surface area contributed by atoms with E-state index in [1.165, 1.54) is 5.56 Å². The van der Waals surface area contributed by atoms with Gasteiger partial charge in [-0.15, -0.1) is 0 Å². The average Bonchev–Trinajstić information content (AvgIpc) is 2.52. The number of rotatable bonds is 6. The molecule has 0 radical (unpaired) electrons. The van der Waals surface area contributed by atoms with Gasteiger partial charge in [0.2, 0.25) is 0 Å². The maximum Gasteiger partial charge on any atom is 0.193 e. The zero-order chi connectivity index (χ0) is 15.2. The molecule has 0 aliphatic rings. The molecule has 21 heavy (non-hydrogen) atoms. The lowest BCUT2D eigenvalue weighted by Crippen LogP contribution is -2.05. The molecule has 2 nitrogen and oxygen atoms in total. The Bertz CT molecular complexity index is 645. The van der Waals surface area contributed by atoms with E-state index in [-0.39, 0.29) is 5.78 Å². The Balaban J connectivity index is 2.27. The van der Waals surface area contributed by atoms with Crippen LogP contribution in [0.1, 0.15) is 51.6 Å². The molecule has 2 aromatic carbocycles. The number of aldehydes is 1. The minimum Gasteiger partial charge on any atom is -0.298 e. The Labute approximate surface area is 129 Å². The minimum absolute atomic E-state index is 0.179. The molecule has 0 heterocycles. The third-order valence-electron chi connectivity index (χ3n) is 3.42. The van der Waals surface area contributed by atoms with E-state index in [4.69, 9.17) is 11.6 Å². The number of carbonyl (C=O) groups excluding carboxylic acids is 2. The van der Waals surface area contributed by atoms with Gasteiger partial charge < -0.3 is 0 Å². The third kappa shape index (κ3) is 3.79. The fourth-order valence-corrected chi connectivity index (χ4v) is 2.36. The van der Waals surface area contributed by atoms with Crippen LogP contribution in [0.3, 0.4) is 0 Å². The monoisotopic (exact) mass is 300 g/mol. The van der Waals surface area contributed by atoms with Gasteiger partial charge in [-0.2, -0.15) is 0 Å². The standard InChI is InChI=1S/C18H17ClO2/c1-2-3-4-13-5-7-14(8-6-13)18(21)17-11-16(19)10-9-15(17)12-20/h5-12H,2-4H2,1H3. The molecule has 108 valence electrons. The lowest BCUT2D eigenvalue weighted by atomic mass is 9.97. The van der Waals surface area contributed by atoms with Gasteiger partial charge in [0.1, 0.15) is 0 Å². The maximum atomic E-state index is 12.5. The molecule has 0 amide bonds. The van der Waals surface area contributed by atoms with E-state index in [0.29, 0.717) is 28.0 Å². The van der Waals surface area contributed by atoms with Crippen LogP contribution >= 0.6 is 11.6 Å². The molecule has 2 aromatic rings. The molecule has 0 fully saturated rings. The van der Waals surface area contributed by atoms with Crippen molar-refractivity contribution < 1.29 is 9.59 Å². The van der Waals surface area contributed by atoms with Crippen molar-refractivity contribution >= 4 is 23.7 Å². The predicted octanol–water partition coefficient (Wildman–Crippen LogP) is 4.73. The number of hydrogen-bond donors (Lipinski definition) is 0. The quantitative estimate of drug-likeness (QED) is 0.571. The number of carbonyl (C=O) groups is 2. The molecule has 0 unspecified atom stereocenters. The van der Waals surface area contributed by atoms with Crippen molar-refractivity contribution in [1.82, 2.24) is 0 Å². The van der Waals surface area contributed by atoms with Crippen LogP contribution in [0.25, 0.3) is 0 Å². The first-order valence-corrected chi connectivity index (χ1v) is 7.42. The Morgan fingerprint density at radius 1 is 1.14 bits per heavy atom. The van der Waals surface area contributed by atoms with Gasteiger partial charge in [-0.25, -0.2) is 0 Å². The van der Waals surface area contributed by atoms with Crippen LogP contribution in [0.5, 0.6) is 0 Å². The highest BCUT2D eigenvalue weighted by molar-refractivity contribution is 6.31. The molecular formula is C18H17ClO2. The number of hydrogen-bond acceptors (Lipinski definition) is 2. The molecule has 0 aliphatic carbocycles. The molecule has 0 saturated heterocycles. The molecule has 3 heteroatoms. The van der Waals surface area contributed by atoms with Gasteiger partial charge in [-0.3, -0.25) is 9.59 Å². The van der Waals surface area contributed by atoms with Crippen LogP contribution in [0.15, 0.2) is 42.5 Å². The Morgan fingerprint density at radius 3 is 2.48 bits per heavy atom. The second kappa shape index (κ2) is 7.19. The third-order valence-corrected chi connectivity index (χ3v) is 3.66. The van der Waals surface area contributed by atoms with Gasteiger partial charge in [0.25, 0.3) is 0 Å². The molecule has 0 spiro atoms. The van der Waals surface area contributed by atoms with Crippen molar-refractivity contribution in [1.29, 1.82) is 0 Å². The zero-order valence-electron chi connectivity index (χ0n) is 11.9. The highest BCUT2D eigenvalue weighted by atomic mass is 35.5. The summed E-state index contributed by atoms with van der Waals surface area (Å²) < 4.78 is 0. The molecule has 2 rings (SSSR count). The van der Waals surface area contributed by atoms with Crippen molar-refractivity contribution in [2.24, 2.45) is 0 Å². The van der Waals surface area contributed by atoms with Gasteiger partial charge in [-0.05, 0) is 36.6 Å². The highest BCUT2D eigenvalue weighted by Crippen LogP contribution is 2.19. The molecular weight excluding hydrogens is 284 g/mol. The zero-order valence-corrected chi connectivity index (χ0v) is 12.7. The van der Waals surface area contributed by atoms with Crippen LogP contribution in [-0.4, -0.2) is 12.1 Å². The van der Waals surface area contributed by atoms with E-state index in [0.717, 1.165) is 19.3 Å². The van der Waals surface area contributed by atoms with Gasteiger partial charge in [0.05, 0.1) is 0 Å². The van der Waals surface area contributed by atoms with E-state index in [1.54, 1.807) is 18.2 Å². The van der Waals surface area contributed by atoms with E-state index >= 15 is 0 Å². The topological polar surface area (TPSA) is 34.1 Å². The maximum absolute atomic E-state index is 12.5. The second-order valence-electron chi connectivity index (χ2n) is 4.98. The van der Waals surface area contributed by atoms with Gasteiger partial charge >= 0.3 is 0 Å². The first-order chi connectivity index (χ1) is 10.2. The van der Waals surface area contributed by atoms with E-state index < -0.39 is 0 Å². The number of halogens is 1. The summed E-state index contributed by atoms with van der Waals surface area (Å²) >= 11 is 5.92. The van der Waals surface area contributed by atoms with Crippen LogP contribution in [0.2, 0.25) is 5.02 Å². The molecule has 0 atom stereocenters. The Kier molecular flexibility index (Phi) is 5.29. The lowest BCUT2D eigenvalue weighted by molar-refractivity contribution is 0.102. The summed E-state index contributed by atoms with van der Waals surface area (Å²) in [4.78, 5) is 23.5. The normalized spacial score (nSPS) is 10.4. The summed E-state index contributed by atoms with van der Waals surface area (Å²) in [7, 11) is 0. The van der Waals surface area contributed by atoms with Crippen LogP contribution in [-0.2, 0) is 6.42 Å². The van der Waals surface area contributed by atoms with Crippen molar-refractivity contribution in [3.8, 4) is 0 Å². The first-order valence-electron chi connectivity index (χ1n) is 7.04. The number of benzene rings is 2. The summed E-state index contributed by atoms with van der Waals surface area (Å²) in [6, 6.07) is 12.3. The lowest BCUT2D eigenvalue weighted by Gasteiger charge is -2.06. The summed E-state index contributed by atoms with van der Waals surface area (Å²) in [5.74, 6) is -0.179. The highest BCUT2D eigenvalue weighted by Gasteiger charge is 2.14. The van der Waals surface area contributed by atoms with Crippen LogP contribution < -0.4 is 0 Å². The van der Waals surface area contributed by atoms with E-state index in [1.807, 2.05) is 24.3 Å². The second-order valence-corrected chi connectivity index (χ2v) is 5.42.